The summed E-state index contributed by atoms with van der Waals surface area (Å²) in [5, 5.41) is 0. The lowest BCUT2D eigenvalue weighted by Gasteiger charge is -2.37. The maximum absolute atomic E-state index is 5.97. The number of anilines is 2. The Labute approximate surface area is 175 Å². The zero-order valence-electron chi connectivity index (χ0n) is 17.8. The number of methoxy groups -OCH3 is 2. The molecule has 3 aromatic rings. The number of nitrogen functional groups attached to an aromatic ring is 1. The molecule has 2 N–H and O–H groups in total. The van der Waals surface area contributed by atoms with E-state index in [2.05, 4.69) is 38.6 Å². The smallest absolute Gasteiger partial charge is 0.224 e. The van der Waals surface area contributed by atoms with Gasteiger partial charge in [-0.1, -0.05) is 0 Å². The predicted octanol–water partition coefficient (Wildman–Crippen LogP) is 2.22. The molecule has 2 aromatic heterocycles. The Morgan fingerprint density at radius 3 is 2.37 bits per heavy atom. The van der Waals surface area contributed by atoms with E-state index < -0.39 is 0 Å². The van der Waals surface area contributed by atoms with Gasteiger partial charge in [0.05, 0.1) is 26.1 Å². The van der Waals surface area contributed by atoms with Gasteiger partial charge < -0.3 is 20.1 Å². The van der Waals surface area contributed by atoms with Gasteiger partial charge in [-0.3, -0.25) is 4.90 Å². The standard InChI is InChI=1S/C21H27N7O2/c1-13(2)27-7-9-28(10-8-27)20-18-19(25-21(22)26-20)23-12-15(24-18)14-5-6-16(29-3)17(11-14)30-4/h5-6,11-13H,7-10H2,1-4H3,(H2,22,23,25,26). The number of nitrogens with zero attached hydrogens (tertiary/aromatic N) is 6. The molecule has 0 unspecified atom stereocenters. The van der Waals surface area contributed by atoms with Gasteiger partial charge >= 0.3 is 0 Å². The van der Waals surface area contributed by atoms with E-state index in [4.69, 9.17) is 20.2 Å². The van der Waals surface area contributed by atoms with E-state index in [9.17, 15) is 0 Å². The third-order valence-corrected chi connectivity index (χ3v) is 5.43. The van der Waals surface area contributed by atoms with Gasteiger partial charge in [0.15, 0.2) is 28.5 Å². The Bertz CT molecular complexity index is 1050. The van der Waals surface area contributed by atoms with Crippen LogP contribution in [0.4, 0.5) is 11.8 Å². The molecule has 1 aliphatic heterocycles. The van der Waals surface area contributed by atoms with Crippen LogP contribution in [0.3, 0.4) is 0 Å². The number of benzene rings is 1. The average molecular weight is 409 g/mol. The molecule has 1 saturated heterocycles. The number of fused-ring (bicyclic) bond motifs is 1. The Hall–Kier alpha value is -3.20. The van der Waals surface area contributed by atoms with Crippen molar-refractivity contribution in [2.24, 2.45) is 0 Å². The lowest BCUT2D eigenvalue weighted by Crippen LogP contribution is -2.49. The van der Waals surface area contributed by atoms with Crippen LogP contribution in [-0.2, 0) is 0 Å². The summed E-state index contributed by atoms with van der Waals surface area (Å²) in [5.41, 5.74) is 8.69. The molecule has 1 aromatic carbocycles. The second kappa shape index (κ2) is 8.27. The summed E-state index contributed by atoms with van der Waals surface area (Å²) in [6.45, 7) is 8.07. The van der Waals surface area contributed by atoms with Crippen molar-refractivity contribution in [1.29, 1.82) is 0 Å². The average Bonchev–Trinajstić information content (AvgIpc) is 2.77. The van der Waals surface area contributed by atoms with E-state index in [0.717, 1.165) is 37.6 Å². The number of hydrogen-bond acceptors (Lipinski definition) is 9. The fraction of sp³-hybridized carbons (Fsp3) is 0.429. The minimum atomic E-state index is 0.206. The quantitative estimate of drug-likeness (QED) is 0.679. The van der Waals surface area contributed by atoms with Crippen LogP contribution < -0.4 is 20.1 Å². The zero-order chi connectivity index (χ0) is 21.3. The molecular formula is C21H27N7O2. The summed E-state index contributed by atoms with van der Waals surface area (Å²) < 4.78 is 10.8. The first kappa shape index (κ1) is 20.1. The van der Waals surface area contributed by atoms with Crippen molar-refractivity contribution < 1.29 is 9.47 Å². The normalized spacial score (nSPS) is 15.0. The Balaban J connectivity index is 1.74. The Morgan fingerprint density at radius 2 is 1.70 bits per heavy atom. The molecule has 0 amide bonds. The number of nitrogens with two attached hydrogens (primary N) is 1. The first-order valence-electron chi connectivity index (χ1n) is 10.0. The largest absolute Gasteiger partial charge is 0.493 e. The molecule has 9 heteroatoms. The van der Waals surface area contributed by atoms with Crippen molar-refractivity contribution in [2.45, 2.75) is 19.9 Å². The van der Waals surface area contributed by atoms with Gasteiger partial charge in [0.1, 0.15) is 0 Å². The summed E-state index contributed by atoms with van der Waals surface area (Å²) in [7, 11) is 3.22. The van der Waals surface area contributed by atoms with E-state index in [0.29, 0.717) is 34.4 Å². The number of hydrogen-bond donors (Lipinski definition) is 1. The monoisotopic (exact) mass is 409 g/mol. The molecule has 0 bridgehead atoms. The summed E-state index contributed by atoms with van der Waals surface area (Å²) >= 11 is 0. The third-order valence-electron chi connectivity index (χ3n) is 5.43. The molecule has 4 rings (SSSR count). The van der Waals surface area contributed by atoms with E-state index in [-0.39, 0.29) is 5.95 Å². The SMILES string of the molecule is COc1ccc(-c2cnc3nc(N)nc(N4CCN(C(C)C)CC4)c3n2)cc1OC. The molecule has 30 heavy (non-hydrogen) atoms. The molecule has 1 aliphatic rings. The van der Waals surface area contributed by atoms with Crippen LogP contribution in [0.1, 0.15) is 13.8 Å². The Kier molecular flexibility index (Phi) is 5.54. The van der Waals surface area contributed by atoms with Crippen molar-refractivity contribution in [3.05, 3.63) is 24.4 Å². The highest BCUT2D eigenvalue weighted by molar-refractivity contribution is 5.86. The number of rotatable bonds is 5. The summed E-state index contributed by atoms with van der Waals surface area (Å²) in [4.78, 5) is 22.8. The molecule has 9 nitrogen and oxygen atoms in total. The van der Waals surface area contributed by atoms with Gasteiger partial charge in [-0.2, -0.15) is 9.97 Å². The van der Waals surface area contributed by atoms with Gasteiger partial charge in [-0.05, 0) is 32.0 Å². The highest BCUT2D eigenvalue weighted by Crippen LogP contribution is 2.32. The minimum Gasteiger partial charge on any atom is -0.493 e. The molecule has 0 spiro atoms. The molecule has 0 radical (unpaired) electrons. The van der Waals surface area contributed by atoms with E-state index in [1.54, 1.807) is 20.4 Å². The number of ether oxygens (including phenoxy) is 2. The number of aromatic nitrogens is 4. The topological polar surface area (TPSA) is 103 Å². The van der Waals surface area contributed by atoms with Crippen LogP contribution in [0.5, 0.6) is 11.5 Å². The first-order chi connectivity index (χ1) is 14.5. The lowest BCUT2D eigenvalue weighted by atomic mass is 10.1. The fourth-order valence-electron chi connectivity index (χ4n) is 3.71. The van der Waals surface area contributed by atoms with E-state index >= 15 is 0 Å². The van der Waals surface area contributed by atoms with Crippen molar-refractivity contribution in [2.75, 3.05) is 51.0 Å². The molecule has 158 valence electrons. The van der Waals surface area contributed by atoms with Crippen molar-refractivity contribution in [3.8, 4) is 22.8 Å². The molecule has 3 heterocycles. The van der Waals surface area contributed by atoms with E-state index in [1.807, 2.05) is 18.2 Å². The molecule has 1 fully saturated rings. The maximum atomic E-state index is 5.97. The fourth-order valence-corrected chi connectivity index (χ4v) is 3.71. The Morgan fingerprint density at radius 1 is 0.967 bits per heavy atom. The highest BCUT2D eigenvalue weighted by Gasteiger charge is 2.23. The first-order valence-corrected chi connectivity index (χ1v) is 10.0. The zero-order valence-corrected chi connectivity index (χ0v) is 17.8. The third kappa shape index (κ3) is 3.80. The van der Waals surface area contributed by atoms with Crippen LogP contribution in [-0.4, -0.2) is 71.3 Å². The lowest BCUT2D eigenvalue weighted by molar-refractivity contribution is 0.209. The van der Waals surface area contributed by atoms with Gasteiger partial charge in [-0.25, -0.2) is 9.97 Å². The van der Waals surface area contributed by atoms with Crippen molar-refractivity contribution in [1.82, 2.24) is 24.8 Å². The highest BCUT2D eigenvalue weighted by atomic mass is 16.5. The predicted molar refractivity (Wildman–Crippen MR) is 117 cm³/mol. The van der Waals surface area contributed by atoms with Crippen LogP contribution in [0.15, 0.2) is 24.4 Å². The van der Waals surface area contributed by atoms with Gasteiger partial charge in [-0.15, -0.1) is 0 Å². The van der Waals surface area contributed by atoms with Crippen LogP contribution in [0.2, 0.25) is 0 Å². The molecule has 0 aliphatic carbocycles. The molecular weight excluding hydrogens is 382 g/mol. The maximum Gasteiger partial charge on any atom is 0.224 e. The minimum absolute atomic E-state index is 0.206. The molecule has 0 atom stereocenters. The second-order valence-electron chi connectivity index (χ2n) is 7.52. The summed E-state index contributed by atoms with van der Waals surface area (Å²) in [6, 6.07) is 6.19. The van der Waals surface area contributed by atoms with Crippen LogP contribution in [0.25, 0.3) is 22.4 Å². The van der Waals surface area contributed by atoms with Crippen molar-refractivity contribution >= 4 is 22.9 Å². The van der Waals surface area contributed by atoms with Gasteiger partial charge in [0.2, 0.25) is 5.95 Å². The van der Waals surface area contributed by atoms with Gasteiger partial charge in [0, 0.05) is 37.8 Å². The summed E-state index contributed by atoms with van der Waals surface area (Å²) in [6.07, 6.45) is 1.69. The van der Waals surface area contributed by atoms with Crippen LogP contribution in [0, 0.1) is 0 Å². The number of piperazine rings is 1. The summed E-state index contributed by atoms with van der Waals surface area (Å²) in [5.74, 6) is 2.23. The van der Waals surface area contributed by atoms with E-state index in [1.165, 1.54) is 0 Å². The van der Waals surface area contributed by atoms with Crippen LogP contribution >= 0.6 is 0 Å². The van der Waals surface area contributed by atoms with Crippen molar-refractivity contribution in [3.63, 3.8) is 0 Å². The van der Waals surface area contributed by atoms with Gasteiger partial charge in [0.25, 0.3) is 0 Å². The second-order valence-corrected chi connectivity index (χ2v) is 7.52. The molecule has 0 saturated carbocycles.